The number of nitrogens with one attached hydrogen (secondary N) is 1. The Bertz CT molecular complexity index is 577. The molecule has 0 saturated heterocycles. The topological polar surface area (TPSA) is 71.5 Å². The summed E-state index contributed by atoms with van der Waals surface area (Å²) >= 11 is 0. The number of alkyl halides is 3. The Labute approximate surface area is 86.3 Å². The largest absolute Gasteiger partial charge is 0.394 e. The molecule has 0 amide bonds. The van der Waals surface area contributed by atoms with E-state index in [0.29, 0.717) is 0 Å². The zero-order chi connectivity index (χ0) is 11.8. The first-order valence-electron chi connectivity index (χ1n) is 4.22. The number of aromatic nitrogens is 4. The van der Waals surface area contributed by atoms with Gasteiger partial charge in [0.25, 0.3) is 5.56 Å². The summed E-state index contributed by atoms with van der Waals surface area (Å²) in [7, 11) is 0. The highest BCUT2D eigenvalue weighted by Crippen LogP contribution is 2.21. The number of hydrogen-bond donors (Lipinski definition) is 1. The average Bonchev–Trinajstić information content (AvgIpc) is 2.21. The smallest absolute Gasteiger partial charge is 0.265 e. The molecule has 0 atom stereocenters. The predicted molar refractivity (Wildman–Crippen MR) is 47.7 cm³/mol. The van der Waals surface area contributed by atoms with E-state index >= 15 is 0 Å². The van der Waals surface area contributed by atoms with E-state index in [1.54, 1.807) is 0 Å². The second-order valence-corrected chi connectivity index (χ2v) is 3.04. The SMILES string of the molecule is O=c1[nH]nc(CC(F)(F)F)c2nccnc12. The summed E-state index contributed by atoms with van der Waals surface area (Å²) < 4.78 is 36.6. The van der Waals surface area contributed by atoms with Crippen molar-refractivity contribution in [3.8, 4) is 0 Å². The fourth-order valence-corrected chi connectivity index (χ4v) is 1.25. The molecule has 0 spiro atoms. The third-order valence-corrected chi connectivity index (χ3v) is 1.85. The quantitative estimate of drug-likeness (QED) is 0.787. The lowest BCUT2D eigenvalue weighted by molar-refractivity contribution is -0.127. The summed E-state index contributed by atoms with van der Waals surface area (Å²) in [5.74, 6) is 0. The lowest BCUT2D eigenvalue weighted by atomic mass is 10.2. The van der Waals surface area contributed by atoms with Crippen LogP contribution in [0.3, 0.4) is 0 Å². The molecule has 0 fully saturated rings. The van der Waals surface area contributed by atoms with E-state index in [1.165, 1.54) is 12.4 Å². The Hall–Kier alpha value is -1.99. The minimum absolute atomic E-state index is 0.122. The molecule has 0 aliphatic heterocycles. The van der Waals surface area contributed by atoms with Crippen LogP contribution in [0.2, 0.25) is 0 Å². The van der Waals surface area contributed by atoms with Crippen molar-refractivity contribution in [3.63, 3.8) is 0 Å². The Morgan fingerprint density at radius 2 is 1.81 bits per heavy atom. The second-order valence-electron chi connectivity index (χ2n) is 3.04. The minimum Gasteiger partial charge on any atom is -0.265 e. The Kier molecular flexibility index (Phi) is 2.33. The number of hydrogen-bond acceptors (Lipinski definition) is 4. The van der Waals surface area contributed by atoms with Gasteiger partial charge in [-0.05, 0) is 0 Å². The van der Waals surface area contributed by atoms with E-state index in [0.717, 1.165) is 0 Å². The minimum atomic E-state index is -4.41. The Morgan fingerprint density at radius 3 is 2.44 bits per heavy atom. The first-order chi connectivity index (χ1) is 7.47. The van der Waals surface area contributed by atoms with Gasteiger partial charge < -0.3 is 0 Å². The Balaban J connectivity index is 2.64. The summed E-state index contributed by atoms with van der Waals surface area (Å²) in [5.41, 5.74) is -1.26. The van der Waals surface area contributed by atoms with E-state index < -0.39 is 18.2 Å². The molecule has 2 heterocycles. The molecule has 16 heavy (non-hydrogen) atoms. The van der Waals surface area contributed by atoms with Crippen molar-refractivity contribution in [2.45, 2.75) is 12.6 Å². The van der Waals surface area contributed by atoms with Crippen molar-refractivity contribution in [1.29, 1.82) is 0 Å². The van der Waals surface area contributed by atoms with E-state index in [1.807, 2.05) is 5.10 Å². The van der Waals surface area contributed by atoms with Crippen LogP contribution in [0.15, 0.2) is 17.2 Å². The van der Waals surface area contributed by atoms with Crippen LogP contribution >= 0.6 is 0 Å². The van der Waals surface area contributed by atoms with E-state index in [2.05, 4.69) is 15.1 Å². The lowest BCUT2D eigenvalue weighted by Crippen LogP contribution is -2.18. The maximum Gasteiger partial charge on any atom is 0.394 e. The predicted octanol–water partition coefficient (Wildman–Crippen LogP) is 0.818. The zero-order valence-corrected chi connectivity index (χ0v) is 7.75. The van der Waals surface area contributed by atoms with Crippen LogP contribution in [-0.4, -0.2) is 26.3 Å². The fraction of sp³-hybridized carbons (Fsp3) is 0.250. The number of halogens is 3. The van der Waals surface area contributed by atoms with E-state index in [9.17, 15) is 18.0 Å². The molecule has 8 heteroatoms. The highest BCUT2D eigenvalue weighted by Gasteiger charge is 2.30. The summed E-state index contributed by atoms with van der Waals surface area (Å²) in [6, 6.07) is 0. The molecule has 0 aromatic carbocycles. The molecule has 0 aliphatic carbocycles. The molecule has 5 nitrogen and oxygen atoms in total. The molecule has 2 aromatic rings. The van der Waals surface area contributed by atoms with Crippen LogP contribution in [0.1, 0.15) is 5.69 Å². The molecule has 0 bridgehead atoms. The van der Waals surface area contributed by atoms with E-state index in [4.69, 9.17) is 0 Å². The molecule has 2 aromatic heterocycles. The van der Waals surface area contributed by atoms with Crippen molar-refractivity contribution < 1.29 is 13.2 Å². The molecule has 0 saturated carbocycles. The highest BCUT2D eigenvalue weighted by molar-refractivity contribution is 5.74. The summed E-state index contributed by atoms with van der Waals surface area (Å²) in [4.78, 5) is 18.5. The third kappa shape index (κ3) is 2.00. The van der Waals surface area contributed by atoms with Gasteiger partial charge in [0.05, 0.1) is 12.1 Å². The fourth-order valence-electron chi connectivity index (χ4n) is 1.25. The van der Waals surface area contributed by atoms with Gasteiger partial charge in [0.2, 0.25) is 0 Å². The van der Waals surface area contributed by atoms with Crippen LogP contribution in [0, 0.1) is 0 Å². The number of rotatable bonds is 1. The van der Waals surface area contributed by atoms with Crippen LogP contribution in [0.4, 0.5) is 13.2 Å². The van der Waals surface area contributed by atoms with Gasteiger partial charge in [-0.2, -0.15) is 18.3 Å². The van der Waals surface area contributed by atoms with Gasteiger partial charge in [0.15, 0.2) is 5.52 Å². The molecular formula is C8H5F3N4O. The average molecular weight is 230 g/mol. The number of H-pyrrole nitrogens is 1. The Morgan fingerprint density at radius 1 is 1.19 bits per heavy atom. The maximum absolute atomic E-state index is 12.2. The second kappa shape index (κ2) is 3.54. The van der Waals surface area contributed by atoms with Crippen LogP contribution < -0.4 is 5.56 Å². The number of aromatic amines is 1. The molecule has 84 valence electrons. The molecule has 1 N–H and O–H groups in total. The van der Waals surface area contributed by atoms with Gasteiger partial charge >= 0.3 is 6.18 Å². The van der Waals surface area contributed by atoms with Crippen molar-refractivity contribution >= 4 is 11.0 Å². The van der Waals surface area contributed by atoms with Gasteiger partial charge in [0.1, 0.15) is 5.52 Å². The van der Waals surface area contributed by atoms with E-state index in [-0.39, 0.29) is 16.7 Å². The summed E-state index contributed by atoms with van der Waals surface area (Å²) in [5, 5.41) is 5.29. The maximum atomic E-state index is 12.2. The molecule has 0 unspecified atom stereocenters. The molecule has 2 rings (SSSR count). The van der Waals surface area contributed by atoms with Gasteiger partial charge in [-0.25, -0.2) is 10.1 Å². The molecular weight excluding hydrogens is 225 g/mol. The van der Waals surface area contributed by atoms with Crippen molar-refractivity contribution in [2.75, 3.05) is 0 Å². The normalized spacial score (nSPS) is 11.9. The molecule has 0 radical (unpaired) electrons. The summed E-state index contributed by atoms with van der Waals surface area (Å²) in [6.45, 7) is 0. The van der Waals surface area contributed by atoms with Crippen LogP contribution in [0.5, 0.6) is 0 Å². The molecule has 0 aliphatic rings. The van der Waals surface area contributed by atoms with Gasteiger partial charge in [0, 0.05) is 12.4 Å². The monoisotopic (exact) mass is 230 g/mol. The standard InChI is InChI=1S/C8H5F3N4O/c9-8(10,11)3-4-5-6(7(16)15-14-4)13-2-1-12-5/h1-2H,3H2,(H,15,16). The van der Waals surface area contributed by atoms with Crippen molar-refractivity contribution in [2.24, 2.45) is 0 Å². The number of nitrogens with zero attached hydrogens (tertiary/aromatic N) is 3. The first kappa shape index (κ1) is 10.5. The van der Waals surface area contributed by atoms with Gasteiger partial charge in [-0.1, -0.05) is 0 Å². The van der Waals surface area contributed by atoms with Gasteiger partial charge in [-0.3, -0.25) is 9.78 Å². The third-order valence-electron chi connectivity index (χ3n) is 1.85. The van der Waals surface area contributed by atoms with Crippen molar-refractivity contribution in [3.05, 3.63) is 28.4 Å². The lowest BCUT2D eigenvalue weighted by Gasteiger charge is -2.06. The highest BCUT2D eigenvalue weighted by atomic mass is 19.4. The van der Waals surface area contributed by atoms with Gasteiger partial charge in [-0.15, -0.1) is 0 Å². The summed E-state index contributed by atoms with van der Waals surface area (Å²) in [6.07, 6.45) is -3.22. The van der Waals surface area contributed by atoms with Crippen LogP contribution in [-0.2, 0) is 6.42 Å². The zero-order valence-electron chi connectivity index (χ0n) is 7.75. The van der Waals surface area contributed by atoms with Crippen LogP contribution in [0.25, 0.3) is 11.0 Å². The van der Waals surface area contributed by atoms with Crippen molar-refractivity contribution in [1.82, 2.24) is 20.2 Å². The first-order valence-corrected chi connectivity index (χ1v) is 4.22. The number of fused-ring (bicyclic) bond motifs is 1.